The summed E-state index contributed by atoms with van der Waals surface area (Å²) in [5.41, 5.74) is -0.0147. The molecule has 2 rings (SSSR count). The smallest absolute Gasteiger partial charge is 0.343 e. The number of para-hydroxylation sites is 1. The van der Waals surface area contributed by atoms with Gasteiger partial charge in [-0.15, -0.1) is 0 Å². The van der Waals surface area contributed by atoms with Gasteiger partial charge in [0.05, 0.1) is 10.9 Å². The summed E-state index contributed by atoms with van der Waals surface area (Å²) in [6.07, 6.45) is 0.217. The maximum atomic E-state index is 12.1. The van der Waals surface area contributed by atoms with E-state index in [2.05, 4.69) is 0 Å². The van der Waals surface area contributed by atoms with Crippen molar-refractivity contribution in [1.29, 1.82) is 0 Å². The normalized spacial score (nSPS) is 12.8. The lowest BCUT2D eigenvalue weighted by Gasteiger charge is -2.20. The third-order valence-corrected chi connectivity index (χ3v) is 3.50. The van der Waals surface area contributed by atoms with Crippen molar-refractivity contribution in [3.8, 4) is 5.75 Å². The summed E-state index contributed by atoms with van der Waals surface area (Å²) in [5, 5.41) is 10.9. The van der Waals surface area contributed by atoms with Crippen LogP contribution in [-0.4, -0.2) is 10.9 Å². The van der Waals surface area contributed by atoms with Gasteiger partial charge in [-0.3, -0.25) is 0 Å². The molecule has 20 heavy (non-hydrogen) atoms. The summed E-state index contributed by atoms with van der Waals surface area (Å²) in [6.45, 7) is 5.32. The molecule has 0 aliphatic heterocycles. The predicted octanol–water partition coefficient (Wildman–Crippen LogP) is 3.22. The van der Waals surface area contributed by atoms with Gasteiger partial charge in [0.15, 0.2) is 0 Å². The molecule has 4 nitrogen and oxygen atoms in total. The highest BCUT2D eigenvalue weighted by Gasteiger charge is 2.26. The Balaban J connectivity index is 2.68. The van der Waals surface area contributed by atoms with Crippen molar-refractivity contribution >= 4 is 16.8 Å². The van der Waals surface area contributed by atoms with Gasteiger partial charge < -0.3 is 14.3 Å². The quantitative estimate of drug-likeness (QED) is 0.869. The number of Topliss-reactive ketones (excluding diaryl/α,β-unsaturated/α-hetero) is 1. The summed E-state index contributed by atoms with van der Waals surface area (Å²) in [4.78, 5) is 23.5. The summed E-state index contributed by atoms with van der Waals surface area (Å²) in [6, 6.07) is 6.83. The molecule has 0 radical (unpaired) electrons. The van der Waals surface area contributed by atoms with Crippen molar-refractivity contribution in [2.45, 2.75) is 33.1 Å². The number of carbonyl (C=O) groups excluding carboxylic acids is 1. The molecule has 0 aliphatic carbocycles. The third-order valence-electron chi connectivity index (χ3n) is 3.50. The lowest BCUT2D eigenvalue weighted by atomic mass is 9.84. The van der Waals surface area contributed by atoms with E-state index in [4.69, 9.17) is 4.42 Å². The first-order valence-corrected chi connectivity index (χ1v) is 6.66. The van der Waals surface area contributed by atoms with Crippen LogP contribution in [0.3, 0.4) is 0 Å². The van der Waals surface area contributed by atoms with Crippen LogP contribution in [0.15, 0.2) is 33.5 Å². The first-order chi connectivity index (χ1) is 9.41. The fourth-order valence-electron chi connectivity index (χ4n) is 2.46. The largest absolute Gasteiger partial charge is 0.507 e. The number of aromatic hydroxyl groups is 1. The number of hydrogen-bond acceptors (Lipinski definition) is 4. The lowest BCUT2D eigenvalue weighted by molar-refractivity contribution is -0.117. The van der Waals surface area contributed by atoms with Crippen LogP contribution >= 0.6 is 0 Å². The molecule has 0 saturated heterocycles. The highest BCUT2D eigenvalue weighted by Crippen LogP contribution is 2.35. The van der Waals surface area contributed by atoms with Gasteiger partial charge in [0, 0.05) is 12.3 Å². The molecule has 1 atom stereocenters. The highest BCUT2D eigenvalue weighted by atomic mass is 16.4. The van der Waals surface area contributed by atoms with E-state index in [0.29, 0.717) is 11.0 Å². The minimum absolute atomic E-state index is 0.0179. The van der Waals surface area contributed by atoms with Crippen LogP contribution in [-0.2, 0) is 4.79 Å². The summed E-state index contributed by atoms with van der Waals surface area (Å²) < 4.78 is 5.26. The van der Waals surface area contributed by atoms with Gasteiger partial charge >= 0.3 is 5.63 Å². The number of carbonyl (C=O) groups is 1. The molecule has 106 valence electrons. The van der Waals surface area contributed by atoms with Gasteiger partial charge in [-0.05, 0) is 25.0 Å². The monoisotopic (exact) mass is 274 g/mol. The van der Waals surface area contributed by atoms with Crippen molar-refractivity contribution in [3.05, 3.63) is 40.2 Å². The average molecular weight is 274 g/mol. The Labute approximate surface area is 117 Å². The van der Waals surface area contributed by atoms with E-state index >= 15 is 0 Å². The van der Waals surface area contributed by atoms with Gasteiger partial charge in [-0.25, -0.2) is 4.79 Å². The van der Waals surface area contributed by atoms with Crippen molar-refractivity contribution in [2.75, 3.05) is 0 Å². The predicted molar refractivity (Wildman–Crippen MR) is 77.0 cm³/mol. The zero-order valence-electron chi connectivity index (χ0n) is 11.8. The number of hydrogen-bond donors (Lipinski definition) is 1. The number of fused-ring (bicyclic) bond motifs is 1. The van der Waals surface area contributed by atoms with Crippen molar-refractivity contribution in [3.63, 3.8) is 0 Å². The molecule has 0 fully saturated rings. The molecule has 0 bridgehead atoms. The Morgan fingerprint density at radius 1 is 1.30 bits per heavy atom. The van der Waals surface area contributed by atoms with Crippen LogP contribution in [0.1, 0.15) is 38.7 Å². The molecule has 1 aromatic heterocycles. The van der Waals surface area contributed by atoms with E-state index in [1.165, 1.54) is 6.92 Å². The number of rotatable bonds is 4. The van der Waals surface area contributed by atoms with E-state index in [0.717, 1.165) is 0 Å². The molecular weight excluding hydrogens is 256 g/mol. The Morgan fingerprint density at radius 3 is 2.55 bits per heavy atom. The Morgan fingerprint density at radius 2 is 1.95 bits per heavy atom. The van der Waals surface area contributed by atoms with Gasteiger partial charge in [0.2, 0.25) is 0 Å². The fraction of sp³-hybridized carbons (Fsp3) is 0.375. The Bertz CT molecular complexity index is 697. The standard InChI is InChI=1S/C16H18O4/c1-9(2)12(8-10(3)17)14-15(18)11-6-4-5-7-13(11)20-16(14)19/h4-7,9,12,18H,8H2,1-3H3/t12-/m0/s1. The number of benzene rings is 1. The van der Waals surface area contributed by atoms with Crippen molar-refractivity contribution in [2.24, 2.45) is 5.92 Å². The molecule has 2 aromatic rings. The van der Waals surface area contributed by atoms with Gasteiger partial charge in [0.1, 0.15) is 17.1 Å². The van der Waals surface area contributed by atoms with E-state index in [1.54, 1.807) is 24.3 Å². The highest BCUT2D eigenvalue weighted by molar-refractivity contribution is 5.84. The van der Waals surface area contributed by atoms with E-state index in [9.17, 15) is 14.7 Å². The van der Waals surface area contributed by atoms with Crippen LogP contribution in [0, 0.1) is 5.92 Å². The number of ketones is 1. The lowest BCUT2D eigenvalue weighted by Crippen LogP contribution is -2.19. The molecule has 1 heterocycles. The van der Waals surface area contributed by atoms with Crippen LogP contribution in [0.25, 0.3) is 11.0 Å². The Hall–Kier alpha value is -2.10. The zero-order chi connectivity index (χ0) is 14.9. The van der Waals surface area contributed by atoms with Crippen LogP contribution in [0.5, 0.6) is 5.75 Å². The third kappa shape index (κ3) is 2.59. The summed E-state index contributed by atoms with van der Waals surface area (Å²) in [7, 11) is 0. The molecule has 0 spiro atoms. The van der Waals surface area contributed by atoms with E-state index in [1.807, 2.05) is 13.8 Å². The summed E-state index contributed by atoms with van der Waals surface area (Å²) >= 11 is 0. The van der Waals surface area contributed by atoms with Crippen molar-refractivity contribution in [1.82, 2.24) is 0 Å². The molecule has 4 heteroatoms. The minimum Gasteiger partial charge on any atom is -0.507 e. The fourth-order valence-corrected chi connectivity index (χ4v) is 2.46. The SMILES string of the molecule is CC(=O)C[C@H](c1c(O)c2ccccc2oc1=O)C(C)C. The molecule has 1 N–H and O–H groups in total. The van der Waals surface area contributed by atoms with E-state index in [-0.39, 0.29) is 35.4 Å². The first-order valence-electron chi connectivity index (χ1n) is 6.66. The molecule has 0 amide bonds. The molecule has 0 aliphatic rings. The van der Waals surface area contributed by atoms with Gasteiger partial charge in [0.25, 0.3) is 0 Å². The average Bonchev–Trinajstić information content (AvgIpc) is 2.37. The molecule has 0 unspecified atom stereocenters. The molecular formula is C16H18O4. The minimum atomic E-state index is -0.568. The van der Waals surface area contributed by atoms with Crippen LogP contribution in [0.2, 0.25) is 0 Å². The second-order valence-electron chi connectivity index (χ2n) is 5.40. The zero-order valence-corrected chi connectivity index (χ0v) is 11.8. The second kappa shape index (κ2) is 5.49. The summed E-state index contributed by atoms with van der Waals surface area (Å²) in [5.74, 6) is -0.380. The van der Waals surface area contributed by atoms with Crippen molar-refractivity contribution < 1.29 is 14.3 Å². The maximum absolute atomic E-state index is 12.1. The second-order valence-corrected chi connectivity index (χ2v) is 5.40. The molecule has 1 aromatic carbocycles. The first kappa shape index (κ1) is 14.3. The maximum Gasteiger partial charge on any atom is 0.343 e. The van der Waals surface area contributed by atoms with Gasteiger partial charge in [-0.1, -0.05) is 26.0 Å². The van der Waals surface area contributed by atoms with Gasteiger partial charge in [-0.2, -0.15) is 0 Å². The van der Waals surface area contributed by atoms with Crippen LogP contribution < -0.4 is 5.63 Å². The Kier molecular flexibility index (Phi) is 3.93. The topological polar surface area (TPSA) is 67.5 Å². The van der Waals surface area contributed by atoms with Crippen LogP contribution in [0.4, 0.5) is 0 Å². The van der Waals surface area contributed by atoms with E-state index < -0.39 is 5.63 Å². The molecule has 0 saturated carbocycles.